The first-order chi connectivity index (χ1) is 7.15. The Bertz CT molecular complexity index is 207. The molecule has 0 aromatic rings. The zero-order valence-electron chi connectivity index (χ0n) is 9.51. The molecule has 1 unspecified atom stereocenters. The van der Waals surface area contributed by atoms with E-state index in [2.05, 4.69) is 10.6 Å². The third-order valence-electron chi connectivity index (χ3n) is 2.22. The van der Waals surface area contributed by atoms with E-state index in [1.54, 1.807) is 7.05 Å². The van der Waals surface area contributed by atoms with Crippen molar-refractivity contribution in [3.8, 4) is 0 Å². The number of rotatable bonds is 7. The number of nitrogens with two attached hydrogens (primary N) is 1. The first-order valence-electron chi connectivity index (χ1n) is 5.34. The summed E-state index contributed by atoms with van der Waals surface area (Å²) in [6.07, 6.45) is 2.04. The summed E-state index contributed by atoms with van der Waals surface area (Å²) < 4.78 is 0. The largest absolute Gasteiger partial charge is 0.359 e. The van der Waals surface area contributed by atoms with E-state index in [4.69, 9.17) is 5.73 Å². The molecule has 4 N–H and O–H groups in total. The lowest BCUT2D eigenvalue weighted by molar-refractivity contribution is -0.125. The molecule has 15 heavy (non-hydrogen) atoms. The highest BCUT2D eigenvalue weighted by atomic mass is 16.2. The Hall–Kier alpha value is -1.10. The summed E-state index contributed by atoms with van der Waals surface area (Å²) in [5.41, 5.74) is 5.48. The van der Waals surface area contributed by atoms with Crippen molar-refractivity contribution in [2.75, 3.05) is 20.1 Å². The Balaban J connectivity index is 3.75. The van der Waals surface area contributed by atoms with Gasteiger partial charge in [-0.3, -0.25) is 9.59 Å². The molecule has 0 fully saturated rings. The van der Waals surface area contributed by atoms with Crippen LogP contribution in [-0.4, -0.2) is 32.0 Å². The van der Waals surface area contributed by atoms with Crippen molar-refractivity contribution in [3.63, 3.8) is 0 Å². The van der Waals surface area contributed by atoms with Crippen LogP contribution in [0.4, 0.5) is 0 Å². The van der Waals surface area contributed by atoms with Crippen molar-refractivity contribution in [3.05, 3.63) is 0 Å². The van der Waals surface area contributed by atoms with Crippen molar-refractivity contribution < 1.29 is 9.59 Å². The summed E-state index contributed by atoms with van der Waals surface area (Å²) in [5, 5.41) is 5.20. The van der Waals surface area contributed by atoms with Gasteiger partial charge in [-0.1, -0.05) is 13.3 Å². The predicted molar refractivity (Wildman–Crippen MR) is 59.1 cm³/mol. The van der Waals surface area contributed by atoms with E-state index in [0.717, 1.165) is 12.8 Å². The minimum atomic E-state index is -0.125. The number of nitrogens with one attached hydrogen (secondary N) is 2. The quantitative estimate of drug-likeness (QED) is 0.541. The van der Waals surface area contributed by atoms with Crippen molar-refractivity contribution >= 4 is 11.8 Å². The molecule has 2 amide bonds. The molecule has 0 saturated carbocycles. The fourth-order valence-electron chi connectivity index (χ4n) is 1.27. The van der Waals surface area contributed by atoms with Crippen LogP contribution >= 0.6 is 0 Å². The molecule has 0 spiro atoms. The molecular formula is C10H21N3O2. The molecule has 0 aliphatic carbocycles. The molecule has 0 aromatic carbocycles. The Morgan fingerprint density at radius 3 is 2.53 bits per heavy atom. The van der Waals surface area contributed by atoms with E-state index >= 15 is 0 Å². The summed E-state index contributed by atoms with van der Waals surface area (Å²) in [4.78, 5) is 22.4. The van der Waals surface area contributed by atoms with Crippen LogP contribution in [0.25, 0.3) is 0 Å². The van der Waals surface area contributed by atoms with Crippen molar-refractivity contribution in [2.45, 2.75) is 26.2 Å². The first-order valence-corrected chi connectivity index (χ1v) is 5.34. The van der Waals surface area contributed by atoms with Gasteiger partial charge in [0.05, 0.1) is 5.92 Å². The average molecular weight is 215 g/mol. The predicted octanol–water partition coefficient (Wildman–Crippen LogP) is -0.386. The lowest BCUT2D eigenvalue weighted by Crippen LogP contribution is -2.36. The van der Waals surface area contributed by atoms with Crippen LogP contribution in [0, 0.1) is 5.92 Å². The van der Waals surface area contributed by atoms with Gasteiger partial charge in [-0.25, -0.2) is 0 Å². The Morgan fingerprint density at radius 1 is 1.40 bits per heavy atom. The van der Waals surface area contributed by atoms with E-state index < -0.39 is 0 Å². The molecule has 0 radical (unpaired) electrons. The van der Waals surface area contributed by atoms with Crippen LogP contribution in [0.3, 0.4) is 0 Å². The first kappa shape index (κ1) is 13.9. The van der Waals surface area contributed by atoms with E-state index in [1.807, 2.05) is 6.92 Å². The topological polar surface area (TPSA) is 84.2 Å². The van der Waals surface area contributed by atoms with Gasteiger partial charge in [0.25, 0.3) is 0 Å². The van der Waals surface area contributed by atoms with Crippen LogP contribution in [0.1, 0.15) is 26.2 Å². The molecule has 5 heteroatoms. The van der Waals surface area contributed by atoms with E-state index in [-0.39, 0.29) is 17.7 Å². The summed E-state index contributed by atoms with van der Waals surface area (Å²) in [6, 6.07) is 0. The fraction of sp³-hybridized carbons (Fsp3) is 0.800. The van der Waals surface area contributed by atoms with Gasteiger partial charge in [0.2, 0.25) is 11.8 Å². The molecule has 0 aliphatic rings. The highest BCUT2D eigenvalue weighted by Crippen LogP contribution is 2.03. The summed E-state index contributed by atoms with van der Waals surface area (Å²) in [5.74, 6) is -0.252. The molecule has 0 aliphatic heterocycles. The molecule has 0 rings (SSSR count). The van der Waals surface area contributed by atoms with Gasteiger partial charge >= 0.3 is 0 Å². The zero-order valence-corrected chi connectivity index (χ0v) is 9.51. The lowest BCUT2D eigenvalue weighted by Gasteiger charge is -2.13. The van der Waals surface area contributed by atoms with E-state index in [9.17, 15) is 9.59 Å². The second-order valence-corrected chi connectivity index (χ2v) is 3.44. The van der Waals surface area contributed by atoms with Crippen LogP contribution in [0.5, 0.6) is 0 Å². The van der Waals surface area contributed by atoms with Gasteiger partial charge in [-0.05, 0) is 6.42 Å². The molecule has 5 nitrogen and oxygen atoms in total. The highest BCUT2D eigenvalue weighted by molar-refractivity contribution is 5.80. The molecule has 0 bridgehead atoms. The van der Waals surface area contributed by atoms with Gasteiger partial charge < -0.3 is 16.4 Å². The van der Waals surface area contributed by atoms with Gasteiger partial charge in [0, 0.05) is 26.6 Å². The zero-order chi connectivity index (χ0) is 11.7. The Labute approximate surface area is 90.8 Å². The molecule has 1 atom stereocenters. The number of carbonyl (C=O) groups excluding carboxylic acids is 2. The lowest BCUT2D eigenvalue weighted by atomic mass is 10.0. The van der Waals surface area contributed by atoms with Crippen LogP contribution < -0.4 is 16.4 Å². The third-order valence-corrected chi connectivity index (χ3v) is 2.22. The van der Waals surface area contributed by atoms with Gasteiger partial charge in [0.1, 0.15) is 0 Å². The SMILES string of the molecule is CCCC(CN)C(=O)NCCC(=O)NC. The normalized spacial score (nSPS) is 11.9. The average Bonchev–Trinajstić information content (AvgIpc) is 2.25. The maximum Gasteiger partial charge on any atom is 0.224 e. The van der Waals surface area contributed by atoms with Crippen LogP contribution in [0.2, 0.25) is 0 Å². The number of carbonyl (C=O) groups is 2. The maximum absolute atomic E-state index is 11.5. The van der Waals surface area contributed by atoms with Crippen LogP contribution in [0.15, 0.2) is 0 Å². The second-order valence-electron chi connectivity index (χ2n) is 3.44. The Kier molecular flexibility index (Phi) is 7.62. The van der Waals surface area contributed by atoms with Gasteiger partial charge in [0.15, 0.2) is 0 Å². The Morgan fingerprint density at radius 2 is 2.07 bits per heavy atom. The van der Waals surface area contributed by atoms with Crippen molar-refractivity contribution in [2.24, 2.45) is 11.7 Å². The van der Waals surface area contributed by atoms with Crippen molar-refractivity contribution in [1.82, 2.24) is 10.6 Å². The van der Waals surface area contributed by atoms with Gasteiger partial charge in [-0.15, -0.1) is 0 Å². The summed E-state index contributed by atoms with van der Waals surface area (Å²) in [6.45, 7) is 2.75. The van der Waals surface area contributed by atoms with Gasteiger partial charge in [-0.2, -0.15) is 0 Å². The van der Waals surface area contributed by atoms with Crippen LogP contribution in [-0.2, 0) is 9.59 Å². The summed E-state index contributed by atoms with van der Waals surface area (Å²) >= 11 is 0. The maximum atomic E-state index is 11.5. The molecule has 88 valence electrons. The molecule has 0 aromatic heterocycles. The molecule has 0 heterocycles. The fourth-order valence-corrected chi connectivity index (χ4v) is 1.27. The minimum absolute atomic E-state index is 0.0525. The highest BCUT2D eigenvalue weighted by Gasteiger charge is 2.14. The number of amides is 2. The van der Waals surface area contributed by atoms with E-state index in [0.29, 0.717) is 19.5 Å². The molecule has 0 saturated heterocycles. The van der Waals surface area contributed by atoms with Crippen molar-refractivity contribution in [1.29, 1.82) is 0 Å². The monoisotopic (exact) mass is 215 g/mol. The second kappa shape index (κ2) is 8.23. The number of hydrogen-bond acceptors (Lipinski definition) is 3. The standard InChI is InChI=1S/C10H21N3O2/c1-3-4-8(7-11)10(15)13-6-5-9(14)12-2/h8H,3-7,11H2,1-2H3,(H,12,14)(H,13,15). The number of hydrogen-bond donors (Lipinski definition) is 3. The smallest absolute Gasteiger partial charge is 0.224 e. The molecular weight excluding hydrogens is 194 g/mol. The van der Waals surface area contributed by atoms with E-state index in [1.165, 1.54) is 0 Å². The third kappa shape index (κ3) is 6.06. The minimum Gasteiger partial charge on any atom is -0.359 e. The summed E-state index contributed by atoms with van der Waals surface area (Å²) in [7, 11) is 1.57.